The zero-order valence-corrected chi connectivity index (χ0v) is 23.5. The number of rotatable bonds is 7. The summed E-state index contributed by atoms with van der Waals surface area (Å²) in [4.78, 5) is 33.2. The molecule has 202 valence electrons. The summed E-state index contributed by atoms with van der Waals surface area (Å²) in [5, 5.41) is 0. The first-order chi connectivity index (χ1) is 16.6. The number of carbonyl (C=O) groups is 2. The van der Waals surface area contributed by atoms with E-state index in [1.807, 2.05) is 41.5 Å². The summed E-state index contributed by atoms with van der Waals surface area (Å²) in [5.74, 6) is 0.740. The predicted molar refractivity (Wildman–Crippen MR) is 140 cm³/mol. The lowest BCUT2D eigenvalue weighted by molar-refractivity contribution is -0.0637. The zero-order valence-electron chi connectivity index (χ0n) is 23.5. The van der Waals surface area contributed by atoms with E-state index in [0.29, 0.717) is 26.2 Å². The van der Waals surface area contributed by atoms with Crippen molar-refractivity contribution < 1.29 is 23.8 Å². The molecule has 8 nitrogen and oxygen atoms in total. The molecule has 0 atom stereocenters. The van der Waals surface area contributed by atoms with E-state index in [0.717, 1.165) is 49.2 Å². The third-order valence-corrected chi connectivity index (χ3v) is 6.07. The maximum atomic E-state index is 12.9. The molecule has 1 saturated heterocycles. The van der Waals surface area contributed by atoms with Crippen LogP contribution in [0.4, 0.5) is 15.4 Å². The Kier molecular flexibility index (Phi) is 8.59. The van der Waals surface area contributed by atoms with Crippen molar-refractivity contribution in [3.63, 3.8) is 0 Å². The van der Waals surface area contributed by atoms with Crippen molar-refractivity contribution >= 4 is 18.0 Å². The molecular weight excluding hydrogens is 458 g/mol. The molecule has 0 radical (unpaired) electrons. The summed E-state index contributed by atoms with van der Waals surface area (Å²) in [6.45, 7) is 18.1. The van der Waals surface area contributed by atoms with Gasteiger partial charge in [-0.05, 0) is 84.3 Å². The number of likely N-dealkylation sites (tertiary alicyclic amines) is 1. The molecule has 0 unspecified atom stereocenters. The average Bonchev–Trinajstić information content (AvgIpc) is 2.68. The lowest BCUT2D eigenvalue weighted by Crippen LogP contribution is -2.55. The van der Waals surface area contributed by atoms with Crippen LogP contribution in [0.2, 0.25) is 0 Å². The molecule has 0 N–H and O–H groups in total. The molecule has 0 spiro atoms. The number of nitrogens with zero attached hydrogens (tertiary/aromatic N) is 3. The van der Waals surface area contributed by atoms with Gasteiger partial charge in [-0.25, -0.2) is 14.6 Å². The summed E-state index contributed by atoms with van der Waals surface area (Å²) in [7, 11) is 0. The summed E-state index contributed by atoms with van der Waals surface area (Å²) < 4.78 is 16.9. The Labute approximate surface area is 216 Å². The first-order valence-corrected chi connectivity index (χ1v) is 13.2. The molecule has 1 fully saturated rings. The summed E-state index contributed by atoms with van der Waals surface area (Å²) in [5.41, 5.74) is 1.04. The zero-order chi connectivity index (χ0) is 26.7. The molecular formula is C28H45N3O5. The van der Waals surface area contributed by atoms with Gasteiger partial charge < -0.3 is 19.1 Å². The van der Waals surface area contributed by atoms with Crippen molar-refractivity contribution in [3.8, 4) is 0 Å². The monoisotopic (exact) mass is 503 g/mol. The van der Waals surface area contributed by atoms with Crippen molar-refractivity contribution in [2.24, 2.45) is 5.41 Å². The largest absolute Gasteiger partial charge is 0.444 e. The molecule has 1 aromatic rings. The van der Waals surface area contributed by atoms with E-state index >= 15 is 0 Å². The Balaban J connectivity index is 1.42. The molecule has 1 aromatic heterocycles. The van der Waals surface area contributed by atoms with Crippen LogP contribution in [-0.2, 0) is 27.1 Å². The third-order valence-electron chi connectivity index (χ3n) is 6.07. The Morgan fingerprint density at radius 3 is 2.25 bits per heavy atom. The van der Waals surface area contributed by atoms with Gasteiger partial charge >= 0.3 is 12.2 Å². The highest BCUT2D eigenvalue weighted by Gasteiger charge is 2.37. The Morgan fingerprint density at radius 2 is 1.61 bits per heavy atom. The van der Waals surface area contributed by atoms with Crippen LogP contribution in [0.15, 0.2) is 12.1 Å². The number of pyridine rings is 1. The second-order valence-electron chi connectivity index (χ2n) is 12.9. The molecule has 3 rings (SSSR count). The maximum absolute atomic E-state index is 12.9. The van der Waals surface area contributed by atoms with Gasteiger partial charge in [-0.2, -0.15) is 0 Å². The van der Waals surface area contributed by atoms with Crippen molar-refractivity contribution in [3.05, 3.63) is 23.4 Å². The van der Waals surface area contributed by atoms with Gasteiger partial charge in [0.2, 0.25) is 0 Å². The molecule has 3 heterocycles. The van der Waals surface area contributed by atoms with Crippen molar-refractivity contribution in [1.29, 1.82) is 0 Å². The Hall–Kier alpha value is -2.35. The fourth-order valence-electron chi connectivity index (χ4n) is 4.42. The number of anilines is 1. The molecule has 2 aliphatic heterocycles. The van der Waals surface area contributed by atoms with Crippen LogP contribution in [0, 0.1) is 5.41 Å². The van der Waals surface area contributed by atoms with Gasteiger partial charge in [0.1, 0.15) is 17.0 Å². The highest BCUT2D eigenvalue weighted by atomic mass is 16.6. The SMILES string of the molecule is CC1(C)Cc2ccc(CCCCCOC3CN(C(=O)OC(C)(C)C)C3)nc2N(C(=O)OC(C)(C)C)C1. The van der Waals surface area contributed by atoms with Crippen LogP contribution >= 0.6 is 0 Å². The number of aromatic nitrogens is 1. The van der Waals surface area contributed by atoms with Crippen molar-refractivity contribution in [2.75, 3.05) is 31.1 Å². The minimum absolute atomic E-state index is 0.0303. The lowest BCUT2D eigenvalue weighted by Gasteiger charge is -2.39. The number of ether oxygens (including phenoxy) is 3. The number of amides is 2. The number of fused-ring (bicyclic) bond motifs is 1. The minimum atomic E-state index is -0.550. The van der Waals surface area contributed by atoms with Gasteiger partial charge in [0.25, 0.3) is 0 Å². The van der Waals surface area contributed by atoms with Crippen LogP contribution in [0.3, 0.4) is 0 Å². The van der Waals surface area contributed by atoms with E-state index in [2.05, 4.69) is 26.0 Å². The predicted octanol–water partition coefficient (Wildman–Crippen LogP) is 5.75. The van der Waals surface area contributed by atoms with E-state index in [1.54, 1.807) is 9.80 Å². The van der Waals surface area contributed by atoms with E-state index < -0.39 is 11.2 Å². The number of aryl methyl sites for hydroxylation is 1. The van der Waals surface area contributed by atoms with E-state index in [1.165, 1.54) is 0 Å². The molecule has 0 aromatic carbocycles. The topological polar surface area (TPSA) is 81.2 Å². The van der Waals surface area contributed by atoms with Gasteiger partial charge in [-0.1, -0.05) is 26.3 Å². The van der Waals surface area contributed by atoms with Crippen LogP contribution in [0.5, 0.6) is 0 Å². The molecule has 0 bridgehead atoms. The van der Waals surface area contributed by atoms with Crippen LogP contribution in [0.1, 0.15) is 85.9 Å². The Bertz CT molecular complexity index is 926. The number of hydrogen-bond acceptors (Lipinski definition) is 6. The number of hydrogen-bond donors (Lipinski definition) is 0. The second kappa shape index (κ2) is 11.0. The fraction of sp³-hybridized carbons (Fsp3) is 0.750. The van der Waals surface area contributed by atoms with Crippen LogP contribution < -0.4 is 4.90 Å². The summed E-state index contributed by atoms with van der Waals surface area (Å²) >= 11 is 0. The first kappa shape index (κ1) is 28.2. The van der Waals surface area contributed by atoms with E-state index in [-0.39, 0.29) is 23.7 Å². The highest BCUT2D eigenvalue weighted by Crippen LogP contribution is 2.36. The summed E-state index contributed by atoms with van der Waals surface area (Å²) in [6, 6.07) is 4.20. The maximum Gasteiger partial charge on any atom is 0.416 e. The van der Waals surface area contributed by atoms with E-state index in [9.17, 15) is 9.59 Å². The first-order valence-electron chi connectivity index (χ1n) is 13.2. The molecule has 2 aliphatic rings. The molecule has 2 amide bonds. The highest BCUT2D eigenvalue weighted by molar-refractivity contribution is 5.88. The second-order valence-corrected chi connectivity index (χ2v) is 12.9. The average molecular weight is 504 g/mol. The number of carbonyl (C=O) groups excluding carboxylic acids is 2. The molecule has 8 heteroatoms. The van der Waals surface area contributed by atoms with Crippen molar-refractivity contribution in [1.82, 2.24) is 9.88 Å². The van der Waals surface area contributed by atoms with Crippen LogP contribution in [-0.4, -0.2) is 65.6 Å². The standard InChI is InChI=1S/C28H45N3O5/c1-26(2,3)35-24(32)30-17-22(18-30)34-15-11-9-10-12-21-14-13-20-16-28(7,8)19-31(23(20)29-21)25(33)36-27(4,5)6/h13-14,22H,9-12,15-19H2,1-8H3. The Morgan fingerprint density at radius 1 is 0.972 bits per heavy atom. The van der Waals surface area contributed by atoms with Gasteiger partial charge in [0.05, 0.1) is 19.2 Å². The van der Waals surface area contributed by atoms with E-state index in [4.69, 9.17) is 19.2 Å². The summed E-state index contributed by atoms with van der Waals surface area (Å²) in [6.07, 6.45) is 4.24. The number of unbranched alkanes of at least 4 members (excludes halogenated alkanes) is 2. The third kappa shape index (κ3) is 8.36. The quantitative estimate of drug-likeness (QED) is 0.441. The smallest absolute Gasteiger partial charge is 0.416 e. The van der Waals surface area contributed by atoms with Crippen molar-refractivity contribution in [2.45, 2.75) is 105 Å². The van der Waals surface area contributed by atoms with Gasteiger partial charge in [0.15, 0.2) is 0 Å². The normalized spacial score (nSPS) is 17.9. The van der Waals surface area contributed by atoms with Gasteiger partial charge in [-0.15, -0.1) is 0 Å². The van der Waals surface area contributed by atoms with Gasteiger partial charge in [-0.3, -0.25) is 4.90 Å². The van der Waals surface area contributed by atoms with Gasteiger partial charge in [0, 0.05) is 18.8 Å². The minimum Gasteiger partial charge on any atom is -0.444 e. The molecule has 36 heavy (non-hydrogen) atoms. The molecule has 0 aliphatic carbocycles. The van der Waals surface area contributed by atoms with Crippen LogP contribution in [0.25, 0.3) is 0 Å². The molecule has 0 saturated carbocycles. The fourth-order valence-corrected chi connectivity index (χ4v) is 4.42. The lowest BCUT2D eigenvalue weighted by atomic mass is 9.82.